The molecule has 0 bridgehead atoms. The first-order valence-corrected chi connectivity index (χ1v) is 14.2. The Morgan fingerprint density at radius 1 is 1.08 bits per heavy atom. The molecular weight excluding hydrogens is 631 g/mol. The third-order valence-corrected chi connectivity index (χ3v) is 7.68. The summed E-state index contributed by atoms with van der Waals surface area (Å²) in [4.78, 5) is 28.9. The molecule has 1 aliphatic carbocycles. The van der Waals surface area contributed by atoms with E-state index in [0.717, 1.165) is 47.6 Å². The average molecular weight is 661 g/mol. The topological polar surface area (TPSA) is 75.2 Å². The van der Waals surface area contributed by atoms with Crippen molar-refractivity contribution in [2.45, 2.75) is 45.4 Å². The number of benzene rings is 2. The molecule has 5 rings (SSSR count). The van der Waals surface area contributed by atoms with Gasteiger partial charge in [-0.3, -0.25) is 0 Å². The van der Waals surface area contributed by atoms with Crippen molar-refractivity contribution in [2.75, 3.05) is 31.5 Å². The molecule has 0 radical (unpaired) electrons. The fourth-order valence-electron chi connectivity index (χ4n) is 5.06. The molecule has 0 saturated carbocycles. The summed E-state index contributed by atoms with van der Waals surface area (Å²) >= 11 is 6.00. The van der Waals surface area contributed by atoms with Crippen molar-refractivity contribution in [3.63, 3.8) is 0 Å². The van der Waals surface area contributed by atoms with Gasteiger partial charge in [-0.1, -0.05) is 46.1 Å². The van der Waals surface area contributed by atoms with Crippen LogP contribution in [0, 0.1) is 10.5 Å². The second kappa shape index (κ2) is 12.9. The minimum absolute atomic E-state index is 0.250. The van der Waals surface area contributed by atoms with Crippen LogP contribution >= 0.6 is 38.5 Å². The molecule has 0 atom stereocenters. The van der Waals surface area contributed by atoms with Crippen LogP contribution in [0.25, 0.3) is 11.1 Å². The fraction of sp³-hybridized carbons (Fsp3) is 0.393. The van der Waals surface area contributed by atoms with Crippen molar-refractivity contribution in [2.24, 2.45) is 0 Å². The SMILES string of the molecule is Cc1ccc2c(c1)Cc1nc(Cc3cc(Br)cc(I)c3)nc(NCCCN3CCCCC3)c1-2.O=C=O. The predicted molar refractivity (Wildman–Crippen MR) is 153 cm³/mol. The monoisotopic (exact) mass is 660 g/mol. The minimum Gasteiger partial charge on any atom is -0.369 e. The van der Waals surface area contributed by atoms with E-state index in [2.05, 4.69) is 92.1 Å². The number of piperidine rings is 1. The second-order valence-electron chi connectivity index (χ2n) is 9.37. The Balaban J connectivity index is 0.000000967. The van der Waals surface area contributed by atoms with Gasteiger partial charge in [0.15, 0.2) is 0 Å². The lowest BCUT2D eigenvalue weighted by atomic mass is 10.0. The quantitative estimate of drug-likeness (QED) is 0.193. The molecular formula is C28H30BrIN4O2. The number of anilines is 1. The van der Waals surface area contributed by atoms with Crippen LogP contribution in [-0.4, -0.2) is 47.2 Å². The van der Waals surface area contributed by atoms with E-state index in [4.69, 9.17) is 19.6 Å². The molecule has 0 amide bonds. The standard InChI is InChI=1S/C27H30BrIN4.CO2/c1-18-6-7-23-20(12-18)16-24-26(23)27(30-8-5-11-33-9-3-2-4-10-33)32-25(31-24)15-19-13-21(28)17-22(29)14-19;2-1-3/h6-7,12-14,17H,2-5,8-11,15-16H2,1H3,(H,30,31,32);. The average Bonchev–Trinajstić information content (AvgIpc) is 3.19. The number of fused-ring (bicyclic) bond motifs is 3. The maximum Gasteiger partial charge on any atom is 0.373 e. The third kappa shape index (κ3) is 7.00. The van der Waals surface area contributed by atoms with Crippen LogP contribution in [0.1, 0.15) is 53.9 Å². The minimum atomic E-state index is 0.250. The zero-order valence-corrected chi connectivity index (χ0v) is 24.2. The predicted octanol–water partition coefficient (Wildman–Crippen LogP) is 6.02. The summed E-state index contributed by atoms with van der Waals surface area (Å²) in [5.74, 6) is 1.90. The third-order valence-electron chi connectivity index (χ3n) is 6.60. The van der Waals surface area contributed by atoms with Crippen molar-refractivity contribution < 1.29 is 9.59 Å². The normalized spacial score (nSPS) is 14.3. The van der Waals surface area contributed by atoms with Crippen LogP contribution in [0.15, 0.2) is 40.9 Å². The molecule has 1 N–H and O–H groups in total. The van der Waals surface area contributed by atoms with Gasteiger partial charge in [0.2, 0.25) is 0 Å². The fourth-order valence-corrected chi connectivity index (χ4v) is 6.76. The molecule has 1 saturated heterocycles. The molecule has 1 aliphatic heterocycles. The Morgan fingerprint density at radius 3 is 2.61 bits per heavy atom. The van der Waals surface area contributed by atoms with Gasteiger partial charge >= 0.3 is 6.15 Å². The summed E-state index contributed by atoms with van der Waals surface area (Å²) < 4.78 is 2.32. The second-order valence-corrected chi connectivity index (χ2v) is 11.5. The van der Waals surface area contributed by atoms with E-state index in [1.54, 1.807) is 0 Å². The number of hydrogen-bond acceptors (Lipinski definition) is 6. The summed E-state index contributed by atoms with van der Waals surface area (Å²) in [7, 11) is 0. The lowest BCUT2D eigenvalue weighted by Crippen LogP contribution is -2.31. The number of hydrogen-bond donors (Lipinski definition) is 1. The number of aryl methyl sites for hydroxylation is 1. The van der Waals surface area contributed by atoms with Gasteiger partial charge in [-0.05, 0) is 103 Å². The van der Waals surface area contributed by atoms with E-state index in [0.29, 0.717) is 0 Å². The van der Waals surface area contributed by atoms with Gasteiger partial charge < -0.3 is 10.2 Å². The number of nitrogens with zero attached hydrogens (tertiary/aromatic N) is 3. The van der Waals surface area contributed by atoms with Crippen LogP contribution in [0.3, 0.4) is 0 Å². The first kappa shape index (κ1) is 26.9. The molecule has 2 aliphatic rings. The lowest BCUT2D eigenvalue weighted by Gasteiger charge is -2.26. The highest BCUT2D eigenvalue weighted by molar-refractivity contribution is 14.1. The van der Waals surface area contributed by atoms with Crippen LogP contribution in [0.4, 0.5) is 5.82 Å². The molecule has 1 fully saturated rings. The molecule has 6 nitrogen and oxygen atoms in total. The van der Waals surface area contributed by atoms with E-state index in [9.17, 15) is 0 Å². The van der Waals surface area contributed by atoms with Crippen molar-refractivity contribution in [1.29, 1.82) is 0 Å². The Bertz CT molecular complexity index is 1230. The number of nitrogens with one attached hydrogen (secondary N) is 1. The van der Waals surface area contributed by atoms with E-state index >= 15 is 0 Å². The largest absolute Gasteiger partial charge is 0.373 e. The number of aromatic nitrogens is 2. The van der Waals surface area contributed by atoms with Gasteiger partial charge in [-0.2, -0.15) is 9.59 Å². The zero-order chi connectivity index (χ0) is 25.5. The van der Waals surface area contributed by atoms with Gasteiger partial charge in [0.05, 0.1) is 5.69 Å². The summed E-state index contributed by atoms with van der Waals surface area (Å²) in [6.45, 7) is 6.78. The first-order chi connectivity index (χ1) is 17.5. The highest BCUT2D eigenvalue weighted by Crippen LogP contribution is 2.40. The van der Waals surface area contributed by atoms with Crippen LogP contribution in [0.2, 0.25) is 0 Å². The number of rotatable bonds is 7. The number of carbonyl (C=O) groups excluding carboxylic acids is 2. The van der Waals surface area contributed by atoms with Crippen LogP contribution in [0.5, 0.6) is 0 Å². The van der Waals surface area contributed by atoms with Crippen molar-refractivity contribution >= 4 is 50.5 Å². The van der Waals surface area contributed by atoms with Gasteiger partial charge in [0.25, 0.3) is 0 Å². The maximum atomic E-state index is 8.12. The highest BCUT2D eigenvalue weighted by atomic mass is 127. The maximum absolute atomic E-state index is 8.12. The molecule has 2 aromatic carbocycles. The smallest absolute Gasteiger partial charge is 0.369 e. The summed E-state index contributed by atoms with van der Waals surface area (Å²) in [5.41, 5.74) is 7.55. The molecule has 0 unspecified atom stereocenters. The first-order valence-electron chi connectivity index (χ1n) is 12.4. The van der Waals surface area contributed by atoms with Gasteiger partial charge in [-0.25, -0.2) is 9.97 Å². The lowest BCUT2D eigenvalue weighted by molar-refractivity contribution is -0.191. The molecule has 36 heavy (non-hydrogen) atoms. The van der Waals surface area contributed by atoms with Crippen molar-refractivity contribution in [1.82, 2.24) is 14.9 Å². The Morgan fingerprint density at radius 2 is 1.86 bits per heavy atom. The molecule has 3 aromatic rings. The van der Waals surface area contributed by atoms with E-state index in [1.807, 2.05) is 0 Å². The van der Waals surface area contributed by atoms with E-state index in [-0.39, 0.29) is 6.15 Å². The van der Waals surface area contributed by atoms with Crippen molar-refractivity contribution in [3.8, 4) is 11.1 Å². The zero-order valence-electron chi connectivity index (χ0n) is 20.4. The number of likely N-dealkylation sites (tertiary alicyclic amines) is 1. The van der Waals surface area contributed by atoms with Gasteiger partial charge in [-0.15, -0.1) is 0 Å². The summed E-state index contributed by atoms with van der Waals surface area (Å²) in [6.07, 6.45) is 7.10. The highest BCUT2D eigenvalue weighted by Gasteiger charge is 2.25. The number of halogens is 2. The Kier molecular flexibility index (Phi) is 9.65. The van der Waals surface area contributed by atoms with Gasteiger partial charge in [0.1, 0.15) is 11.6 Å². The van der Waals surface area contributed by atoms with E-state index in [1.165, 1.54) is 70.3 Å². The molecule has 2 heterocycles. The molecule has 1 aromatic heterocycles. The Labute approximate surface area is 234 Å². The Hall–Kier alpha value is -2.13. The van der Waals surface area contributed by atoms with Gasteiger partial charge in [0, 0.05) is 33.0 Å². The molecule has 0 spiro atoms. The molecule has 8 heteroatoms. The van der Waals surface area contributed by atoms with Crippen LogP contribution < -0.4 is 5.32 Å². The van der Waals surface area contributed by atoms with Crippen LogP contribution in [-0.2, 0) is 22.4 Å². The summed E-state index contributed by atoms with van der Waals surface area (Å²) in [5, 5.41) is 3.70. The molecule has 188 valence electrons. The summed E-state index contributed by atoms with van der Waals surface area (Å²) in [6, 6.07) is 13.3. The van der Waals surface area contributed by atoms with E-state index < -0.39 is 0 Å². The van der Waals surface area contributed by atoms with Crippen molar-refractivity contribution in [3.05, 3.63) is 72.6 Å².